The van der Waals surface area contributed by atoms with Gasteiger partial charge in [-0.1, -0.05) is 71.6 Å². The average molecular weight is 565 g/mol. The first-order valence-electron chi connectivity index (χ1n) is 15.5. The highest BCUT2D eigenvalue weighted by Gasteiger charge is 2.02. The molecule has 9 nitrogen and oxygen atoms in total. The van der Waals surface area contributed by atoms with E-state index in [2.05, 4.69) is 13.8 Å². The van der Waals surface area contributed by atoms with Gasteiger partial charge in [0.1, 0.15) is 6.61 Å². The van der Waals surface area contributed by atoms with Gasteiger partial charge in [-0.05, 0) is 12.8 Å². The summed E-state index contributed by atoms with van der Waals surface area (Å²) in [5.74, 6) is -0.129. The predicted molar refractivity (Wildman–Crippen MR) is 153 cm³/mol. The van der Waals surface area contributed by atoms with Crippen LogP contribution in [0.15, 0.2) is 0 Å². The molecule has 0 saturated heterocycles. The van der Waals surface area contributed by atoms with Crippen LogP contribution in [0, 0.1) is 0 Å². The Hall–Kier alpha value is -0.810. The van der Waals surface area contributed by atoms with Crippen LogP contribution in [0.25, 0.3) is 0 Å². The molecule has 234 valence electrons. The minimum Gasteiger partial charge on any atom is -0.463 e. The highest BCUT2D eigenvalue weighted by atomic mass is 16.6. The van der Waals surface area contributed by atoms with Gasteiger partial charge >= 0.3 is 5.97 Å². The molecule has 0 N–H and O–H groups in total. The highest BCUT2D eigenvalue weighted by molar-refractivity contribution is 5.69. The molecule has 0 aliphatic heterocycles. The van der Waals surface area contributed by atoms with E-state index in [1.165, 1.54) is 44.9 Å². The van der Waals surface area contributed by atoms with Crippen molar-refractivity contribution in [2.45, 2.75) is 90.9 Å². The fourth-order valence-corrected chi connectivity index (χ4v) is 3.53. The molecule has 0 amide bonds. The quantitative estimate of drug-likeness (QED) is 0.0756. The molecule has 0 spiro atoms. The van der Waals surface area contributed by atoms with Gasteiger partial charge in [-0.2, -0.15) is 0 Å². The smallest absolute Gasteiger partial charge is 0.305 e. The van der Waals surface area contributed by atoms with Gasteiger partial charge in [0.25, 0.3) is 0 Å². The van der Waals surface area contributed by atoms with Crippen LogP contribution < -0.4 is 0 Å². The Morgan fingerprint density at radius 1 is 0.359 bits per heavy atom. The van der Waals surface area contributed by atoms with Crippen molar-refractivity contribution in [1.29, 1.82) is 0 Å². The number of carbonyl (C=O) groups excluding carboxylic acids is 1. The lowest BCUT2D eigenvalue weighted by Crippen LogP contribution is -2.15. The van der Waals surface area contributed by atoms with E-state index in [1.807, 2.05) is 0 Å². The maximum atomic E-state index is 11.7. The summed E-state index contributed by atoms with van der Waals surface area (Å²) in [7, 11) is 0. The van der Waals surface area contributed by atoms with E-state index in [1.54, 1.807) is 0 Å². The van der Waals surface area contributed by atoms with E-state index in [4.69, 9.17) is 37.9 Å². The lowest BCUT2D eigenvalue weighted by molar-refractivity contribution is -0.145. The van der Waals surface area contributed by atoms with Crippen LogP contribution in [-0.2, 0) is 42.7 Å². The summed E-state index contributed by atoms with van der Waals surface area (Å²) >= 11 is 0. The maximum Gasteiger partial charge on any atom is 0.305 e. The molecule has 0 saturated carbocycles. The zero-order valence-electron chi connectivity index (χ0n) is 25.3. The van der Waals surface area contributed by atoms with Gasteiger partial charge < -0.3 is 37.9 Å². The molecule has 0 fully saturated rings. The predicted octanol–water partition coefficient (Wildman–Crippen LogP) is 5.37. The first kappa shape index (κ1) is 38.2. The monoisotopic (exact) mass is 564 g/mol. The second-order valence-electron chi connectivity index (χ2n) is 9.44. The Bertz CT molecular complexity index is 466. The SMILES string of the molecule is CCCCCCCCCCCC(=O)OCCOCCOCCOCCOCCOCCOCCOCCCC. The molecule has 0 aliphatic rings. The van der Waals surface area contributed by atoms with Gasteiger partial charge in [0.15, 0.2) is 0 Å². The summed E-state index contributed by atoms with van der Waals surface area (Å²) in [4.78, 5) is 11.7. The Morgan fingerprint density at radius 3 is 1.05 bits per heavy atom. The molecule has 0 radical (unpaired) electrons. The summed E-state index contributed by atoms with van der Waals surface area (Å²) in [6, 6.07) is 0. The molecule has 0 heterocycles. The molecule has 0 rings (SSSR count). The van der Waals surface area contributed by atoms with Crippen molar-refractivity contribution in [3.8, 4) is 0 Å². The standard InChI is InChI=1S/C30H60O9/c1-3-5-7-8-9-10-11-12-13-14-30(31)39-29-28-38-27-26-37-25-24-36-23-22-35-21-20-34-19-18-33-17-16-32-15-6-4-2/h3-29H2,1-2H3. The van der Waals surface area contributed by atoms with Crippen LogP contribution in [-0.4, -0.2) is 105 Å². The molecule has 39 heavy (non-hydrogen) atoms. The van der Waals surface area contributed by atoms with Crippen molar-refractivity contribution in [2.75, 3.05) is 99.1 Å². The van der Waals surface area contributed by atoms with Crippen molar-refractivity contribution in [1.82, 2.24) is 0 Å². The van der Waals surface area contributed by atoms with Gasteiger partial charge in [-0.25, -0.2) is 0 Å². The zero-order chi connectivity index (χ0) is 28.3. The summed E-state index contributed by atoms with van der Waals surface area (Å²) in [6.45, 7) is 12.3. The summed E-state index contributed by atoms with van der Waals surface area (Å²) in [6.07, 6.45) is 13.9. The second-order valence-corrected chi connectivity index (χ2v) is 9.44. The maximum absolute atomic E-state index is 11.7. The number of ether oxygens (including phenoxy) is 8. The normalized spacial score (nSPS) is 11.3. The van der Waals surface area contributed by atoms with Gasteiger partial charge in [0.05, 0.1) is 85.9 Å². The highest BCUT2D eigenvalue weighted by Crippen LogP contribution is 2.10. The first-order chi connectivity index (χ1) is 19.3. The van der Waals surface area contributed by atoms with E-state index in [-0.39, 0.29) is 5.97 Å². The third kappa shape index (κ3) is 35.2. The van der Waals surface area contributed by atoms with E-state index >= 15 is 0 Å². The van der Waals surface area contributed by atoms with Gasteiger partial charge in [0, 0.05) is 13.0 Å². The fraction of sp³-hybridized carbons (Fsp3) is 0.967. The average Bonchev–Trinajstić information content (AvgIpc) is 2.94. The number of esters is 1. The topological polar surface area (TPSA) is 90.9 Å². The summed E-state index contributed by atoms with van der Waals surface area (Å²) in [5.41, 5.74) is 0. The van der Waals surface area contributed by atoms with Crippen molar-refractivity contribution in [2.24, 2.45) is 0 Å². The van der Waals surface area contributed by atoms with Crippen molar-refractivity contribution in [3.63, 3.8) is 0 Å². The third-order valence-corrected chi connectivity index (χ3v) is 5.85. The lowest BCUT2D eigenvalue weighted by Gasteiger charge is -2.09. The van der Waals surface area contributed by atoms with Gasteiger partial charge in [-0.15, -0.1) is 0 Å². The number of unbranched alkanes of at least 4 members (excludes halogenated alkanes) is 9. The number of rotatable bonds is 34. The van der Waals surface area contributed by atoms with Crippen LogP contribution in [0.4, 0.5) is 0 Å². The Morgan fingerprint density at radius 2 is 0.667 bits per heavy atom. The Balaban J connectivity index is 3.11. The molecule has 0 unspecified atom stereocenters. The van der Waals surface area contributed by atoms with Crippen LogP contribution in [0.1, 0.15) is 90.9 Å². The molecule has 0 aromatic heterocycles. The minimum atomic E-state index is -0.129. The first-order valence-corrected chi connectivity index (χ1v) is 15.5. The van der Waals surface area contributed by atoms with Gasteiger partial charge in [0.2, 0.25) is 0 Å². The Kier molecular flexibility index (Phi) is 34.5. The molecular formula is C30H60O9. The summed E-state index contributed by atoms with van der Waals surface area (Å²) in [5, 5.41) is 0. The minimum absolute atomic E-state index is 0.129. The Labute approximate surface area is 238 Å². The summed E-state index contributed by atoms with van der Waals surface area (Å²) < 4.78 is 43.3. The molecule has 0 aromatic carbocycles. The third-order valence-electron chi connectivity index (χ3n) is 5.85. The second kappa shape index (κ2) is 35.2. The molecule has 0 bridgehead atoms. The van der Waals surface area contributed by atoms with Crippen LogP contribution in [0.2, 0.25) is 0 Å². The zero-order valence-corrected chi connectivity index (χ0v) is 25.3. The largest absolute Gasteiger partial charge is 0.463 e. The van der Waals surface area contributed by atoms with Gasteiger partial charge in [-0.3, -0.25) is 4.79 Å². The van der Waals surface area contributed by atoms with E-state index in [9.17, 15) is 4.79 Å². The lowest BCUT2D eigenvalue weighted by atomic mass is 10.1. The van der Waals surface area contributed by atoms with Crippen LogP contribution >= 0.6 is 0 Å². The van der Waals surface area contributed by atoms with Crippen molar-refractivity contribution in [3.05, 3.63) is 0 Å². The van der Waals surface area contributed by atoms with Crippen molar-refractivity contribution < 1.29 is 42.7 Å². The molecular weight excluding hydrogens is 504 g/mol. The molecule has 0 aromatic rings. The van der Waals surface area contributed by atoms with E-state index < -0.39 is 0 Å². The molecule has 0 atom stereocenters. The number of hydrogen-bond acceptors (Lipinski definition) is 9. The number of hydrogen-bond donors (Lipinski definition) is 0. The van der Waals surface area contributed by atoms with Crippen LogP contribution in [0.3, 0.4) is 0 Å². The van der Waals surface area contributed by atoms with Crippen LogP contribution in [0.5, 0.6) is 0 Å². The molecule has 9 heteroatoms. The van der Waals surface area contributed by atoms with Crippen molar-refractivity contribution >= 4 is 5.97 Å². The van der Waals surface area contributed by atoms with E-state index in [0.717, 1.165) is 32.3 Å². The molecule has 0 aliphatic carbocycles. The fourth-order valence-electron chi connectivity index (χ4n) is 3.53. The number of carbonyl (C=O) groups is 1. The van der Waals surface area contributed by atoms with E-state index in [0.29, 0.717) is 98.9 Å².